The van der Waals surface area contributed by atoms with Gasteiger partial charge in [-0.1, -0.05) is 42.5 Å². The fourth-order valence-corrected chi connectivity index (χ4v) is 1.68. The minimum absolute atomic E-state index is 0.135. The van der Waals surface area contributed by atoms with Crippen LogP contribution in [0.3, 0.4) is 0 Å². The quantitative estimate of drug-likeness (QED) is 0.341. The van der Waals surface area contributed by atoms with Gasteiger partial charge in [0.15, 0.2) is 5.78 Å². The first-order valence-electron chi connectivity index (χ1n) is 6.59. The van der Waals surface area contributed by atoms with Crippen molar-refractivity contribution in [3.8, 4) is 0 Å². The van der Waals surface area contributed by atoms with Crippen LogP contribution in [0.15, 0.2) is 42.5 Å². The highest BCUT2D eigenvalue weighted by atomic mass is 16.5. The molecule has 1 atom stereocenters. The largest absolute Gasteiger partial charge is 0.467 e. The number of benzene rings is 1. The highest BCUT2D eigenvalue weighted by molar-refractivity contribution is 6.05. The van der Waals surface area contributed by atoms with Gasteiger partial charge in [0.2, 0.25) is 5.60 Å². The molecule has 1 aromatic rings. The lowest BCUT2D eigenvalue weighted by Gasteiger charge is -2.20. The molecule has 21 heavy (non-hydrogen) atoms. The molecule has 0 fully saturated rings. The smallest absolute Gasteiger partial charge is 0.346 e. The lowest BCUT2D eigenvalue weighted by atomic mass is 9.95. The summed E-state index contributed by atoms with van der Waals surface area (Å²) in [7, 11) is 1.13. The van der Waals surface area contributed by atoms with Crippen LogP contribution in [-0.2, 0) is 25.7 Å². The maximum Gasteiger partial charge on any atom is 0.346 e. The molecule has 0 saturated carbocycles. The van der Waals surface area contributed by atoms with Crippen molar-refractivity contribution in [1.29, 1.82) is 0 Å². The average molecular weight is 292 g/mol. The predicted octanol–water partition coefficient (Wildman–Crippen LogP) is 1.64. The second-order valence-electron chi connectivity index (χ2n) is 4.58. The van der Waals surface area contributed by atoms with Crippen molar-refractivity contribution >= 4 is 11.8 Å². The molecule has 1 N–H and O–H groups in total. The van der Waals surface area contributed by atoms with Crippen molar-refractivity contribution in [2.24, 2.45) is 0 Å². The van der Waals surface area contributed by atoms with Crippen LogP contribution in [-0.4, -0.2) is 36.2 Å². The van der Waals surface area contributed by atoms with Gasteiger partial charge in [0.25, 0.3) is 0 Å². The Morgan fingerprint density at radius 3 is 2.48 bits per heavy atom. The van der Waals surface area contributed by atoms with Crippen LogP contribution in [0.1, 0.15) is 18.9 Å². The molecule has 0 spiro atoms. The van der Waals surface area contributed by atoms with E-state index in [0.717, 1.165) is 19.6 Å². The molecule has 0 radical (unpaired) electrons. The molecule has 1 aromatic carbocycles. The Balaban J connectivity index is 2.39. The molecule has 0 bridgehead atoms. The number of ketones is 1. The second-order valence-corrected chi connectivity index (χ2v) is 4.58. The molecule has 0 amide bonds. The lowest BCUT2D eigenvalue weighted by molar-refractivity contribution is -0.167. The number of hydrogen-bond acceptors (Lipinski definition) is 5. The van der Waals surface area contributed by atoms with Crippen molar-refractivity contribution in [2.75, 3.05) is 13.7 Å². The molecular weight excluding hydrogens is 272 g/mol. The van der Waals surface area contributed by atoms with E-state index in [1.54, 1.807) is 6.08 Å². The van der Waals surface area contributed by atoms with Gasteiger partial charge in [0.1, 0.15) is 0 Å². The molecular formula is C16H20O5. The standard InChI is InChI=1S/C16H20O5/c1-13(17)16(19,15(18)20-2)10-6-7-11-21-12-14-8-4-3-5-9-14/h3-9,19H,10-12H2,1-2H3/b7-6+. The lowest BCUT2D eigenvalue weighted by Crippen LogP contribution is -2.45. The van der Waals surface area contributed by atoms with Gasteiger partial charge in [-0.15, -0.1) is 0 Å². The Morgan fingerprint density at radius 2 is 1.90 bits per heavy atom. The molecule has 0 aliphatic rings. The number of aliphatic hydroxyl groups is 1. The number of hydrogen-bond donors (Lipinski definition) is 1. The van der Waals surface area contributed by atoms with E-state index in [1.807, 2.05) is 30.3 Å². The van der Waals surface area contributed by atoms with E-state index in [-0.39, 0.29) is 6.42 Å². The molecule has 0 heterocycles. The second kappa shape index (κ2) is 8.34. The topological polar surface area (TPSA) is 72.8 Å². The highest BCUT2D eigenvalue weighted by Crippen LogP contribution is 2.14. The number of methoxy groups -OCH3 is 1. The molecule has 5 heteroatoms. The zero-order valence-electron chi connectivity index (χ0n) is 12.2. The summed E-state index contributed by atoms with van der Waals surface area (Å²) >= 11 is 0. The molecule has 1 rings (SSSR count). The van der Waals surface area contributed by atoms with Gasteiger partial charge in [-0.2, -0.15) is 0 Å². The fraction of sp³-hybridized carbons (Fsp3) is 0.375. The van der Waals surface area contributed by atoms with Crippen LogP contribution in [0.4, 0.5) is 0 Å². The maximum absolute atomic E-state index is 11.4. The fourth-order valence-electron chi connectivity index (χ4n) is 1.68. The van der Waals surface area contributed by atoms with E-state index < -0.39 is 17.4 Å². The van der Waals surface area contributed by atoms with Gasteiger partial charge in [0, 0.05) is 6.42 Å². The number of esters is 1. The molecule has 0 aliphatic heterocycles. The SMILES string of the molecule is COC(=O)C(O)(C/C=C/COCc1ccccc1)C(C)=O. The van der Waals surface area contributed by atoms with E-state index in [9.17, 15) is 14.7 Å². The van der Waals surface area contributed by atoms with Crippen molar-refractivity contribution in [3.63, 3.8) is 0 Å². The van der Waals surface area contributed by atoms with E-state index in [0.29, 0.717) is 13.2 Å². The van der Waals surface area contributed by atoms with Crippen LogP contribution in [0, 0.1) is 0 Å². The number of rotatable bonds is 8. The Hall–Kier alpha value is -1.98. The van der Waals surface area contributed by atoms with E-state index in [1.165, 1.54) is 6.08 Å². The summed E-state index contributed by atoms with van der Waals surface area (Å²) in [5.41, 5.74) is -1.06. The van der Waals surface area contributed by atoms with Gasteiger partial charge in [-0.25, -0.2) is 4.79 Å². The Bertz CT molecular complexity index is 495. The third kappa shape index (κ3) is 5.13. The van der Waals surface area contributed by atoms with E-state index in [2.05, 4.69) is 4.74 Å². The van der Waals surface area contributed by atoms with Crippen LogP contribution in [0.2, 0.25) is 0 Å². The van der Waals surface area contributed by atoms with E-state index in [4.69, 9.17) is 4.74 Å². The average Bonchev–Trinajstić information content (AvgIpc) is 2.50. The predicted molar refractivity (Wildman–Crippen MR) is 77.5 cm³/mol. The minimum atomic E-state index is -2.12. The Labute approximate surface area is 124 Å². The number of Topliss-reactive ketones (excluding diaryl/α,β-unsaturated/α-hetero) is 1. The van der Waals surface area contributed by atoms with Crippen LogP contribution in [0.25, 0.3) is 0 Å². The number of carbonyl (C=O) groups is 2. The van der Waals surface area contributed by atoms with Gasteiger partial charge < -0.3 is 14.6 Å². The molecule has 0 saturated heterocycles. The van der Waals surface area contributed by atoms with Gasteiger partial charge in [0.05, 0.1) is 20.3 Å². The van der Waals surface area contributed by atoms with Crippen LogP contribution < -0.4 is 0 Å². The zero-order chi connectivity index (χ0) is 15.7. The first-order valence-corrected chi connectivity index (χ1v) is 6.59. The van der Waals surface area contributed by atoms with Crippen LogP contribution in [0.5, 0.6) is 0 Å². The minimum Gasteiger partial charge on any atom is -0.467 e. The summed E-state index contributed by atoms with van der Waals surface area (Å²) in [6, 6.07) is 9.69. The summed E-state index contributed by atoms with van der Waals surface area (Å²) in [6.45, 7) is 1.94. The first-order chi connectivity index (χ1) is 10.0. The summed E-state index contributed by atoms with van der Waals surface area (Å²) in [6.07, 6.45) is 3.05. The molecule has 5 nitrogen and oxygen atoms in total. The van der Waals surface area contributed by atoms with Crippen molar-refractivity contribution < 1.29 is 24.2 Å². The Morgan fingerprint density at radius 1 is 1.24 bits per heavy atom. The maximum atomic E-state index is 11.4. The van der Waals surface area contributed by atoms with E-state index >= 15 is 0 Å². The summed E-state index contributed by atoms with van der Waals surface area (Å²) in [5.74, 6) is -1.60. The van der Waals surface area contributed by atoms with Gasteiger partial charge in [-0.05, 0) is 12.5 Å². The number of ether oxygens (including phenoxy) is 2. The van der Waals surface area contributed by atoms with Crippen LogP contribution >= 0.6 is 0 Å². The van der Waals surface area contributed by atoms with Crippen molar-refractivity contribution in [1.82, 2.24) is 0 Å². The molecule has 0 aliphatic carbocycles. The zero-order valence-corrected chi connectivity index (χ0v) is 12.2. The summed E-state index contributed by atoms with van der Waals surface area (Å²) in [4.78, 5) is 22.8. The summed E-state index contributed by atoms with van der Waals surface area (Å²) < 4.78 is 9.85. The first kappa shape index (κ1) is 17.1. The highest BCUT2D eigenvalue weighted by Gasteiger charge is 2.41. The van der Waals surface area contributed by atoms with Crippen molar-refractivity contribution in [2.45, 2.75) is 25.6 Å². The monoisotopic (exact) mass is 292 g/mol. The normalized spacial score (nSPS) is 13.9. The summed E-state index contributed by atoms with van der Waals surface area (Å²) in [5, 5.41) is 9.98. The molecule has 1 unspecified atom stereocenters. The number of carbonyl (C=O) groups excluding carboxylic acids is 2. The van der Waals surface area contributed by atoms with Gasteiger partial charge in [-0.3, -0.25) is 4.79 Å². The Kier molecular flexibility index (Phi) is 6.78. The molecule has 114 valence electrons. The molecule has 0 aromatic heterocycles. The third-order valence-electron chi connectivity index (χ3n) is 3.01. The van der Waals surface area contributed by atoms with Gasteiger partial charge >= 0.3 is 5.97 Å². The van der Waals surface area contributed by atoms with Crippen molar-refractivity contribution in [3.05, 3.63) is 48.0 Å². The third-order valence-corrected chi connectivity index (χ3v) is 3.01.